The maximum absolute atomic E-state index is 12.6. The number of carbonyl (C=O) groups excluding carboxylic acids is 1. The first-order valence-corrected chi connectivity index (χ1v) is 9.67. The zero-order chi connectivity index (χ0) is 18.8. The van der Waals surface area contributed by atoms with Crippen LogP contribution in [0.15, 0.2) is 42.5 Å². The molecule has 2 bridgehead atoms. The lowest BCUT2D eigenvalue weighted by atomic mass is 10.1. The molecule has 0 radical (unpaired) electrons. The Morgan fingerprint density at radius 1 is 1.15 bits per heavy atom. The molecule has 2 unspecified atom stereocenters. The number of nitrogens with zero attached hydrogens (tertiary/aromatic N) is 1. The van der Waals surface area contributed by atoms with Gasteiger partial charge in [-0.1, -0.05) is 0 Å². The Hall–Kier alpha value is -2.69. The lowest BCUT2D eigenvalue weighted by Crippen LogP contribution is -2.31. The fraction of sp³-hybridized carbons (Fsp3) is 0.409. The van der Waals surface area contributed by atoms with Crippen molar-refractivity contribution in [2.75, 3.05) is 30.5 Å². The highest BCUT2D eigenvalue weighted by Crippen LogP contribution is 2.40. The van der Waals surface area contributed by atoms with Crippen LogP contribution in [-0.4, -0.2) is 32.2 Å². The summed E-state index contributed by atoms with van der Waals surface area (Å²) in [4.78, 5) is 15.1. The Labute approximate surface area is 160 Å². The molecule has 5 heteroatoms. The number of nitrogens with one attached hydrogen (secondary N) is 1. The van der Waals surface area contributed by atoms with Crippen LogP contribution in [0.5, 0.6) is 11.5 Å². The molecule has 2 aromatic rings. The number of methoxy groups -OCH3 is 1. The summed E-state index contributed by atoms with van der Waals surface area (Å²) in [7, 11) is 1.57. The summed E-state index contributed by atoms with van der Waals surface area (Å²) >= 11 is 0. The van der Waals surface area contributed by atoms with Crippen molar-refractivity contribution in [3.05, 3.63) is 48.0 Å². The van der Waals surface area contributed by atoms with E-state index >= 15 is 0 Å². The van der Waals surface area contributed by atoms with Crippen LogP contribution in [-0.2, 0) is 0 Å². The minimum absolute atomic E-state index is 0.163. The molecule has 2 atom stereocenters. The number of piperidine rings is 1. The number of carbonyl (C=O) groups is 1. The topological polar surface area (TPSA) is 50.8 Å². The first-order chi connectivity index (χ1) is 13.2. The molecular weight excluding hydrogens is 340 g/mol. The molecule has 1 saturated carbocycles. The SMILES string of the molecule is CCOc1ccc(C(=O)Nc2ccc(N3CC4CCC3C4)cc2)cc1OC. The average Bonchev–Trinajstić information content (AvgIpc) is 3.32. The van der Waals surface area contributed by atoms with Crippen molar-refractivity contribution in [3.63, 3.8) is 0 Å². The van der Waals surface area contributed by atoms with E-state index in [0.29, 0.717) is 29.7 Å². The van der Waals surface area contributed by atoms with Gasteiger partial charge in [0.25, 0.3) is 5.91 Å². The van der Waals surface area contributed by atoms with E-state index in [-0.39, 0.29) is 5.91 Å². The van der Waals surface area contributed by atoms with E-state index in [1.54, 1.807) is 25.3 Å². The summed E-state index contributed by atoms with van der Waals surface area (Å²) in [6.07, 6.45) is 4.02. The normalized spacial score (nSPS) is 20.6. The van der Waals surface area contributed by atoms with Gasteiger partial charge in [0, 0.05) is 29.5 Å². The largest absolute Gasteiger partial charge is 0.493 e. The first kappa shape index (κ1) is 17.7. The fourth-order valence-electron chi connectivity index (χ4n) is 4.26. The predicted octanol–water partition coefficient (Wildman–Crippen LogP) is 4.33. The summed E-state index contributed by atoms with van der Waals surface area (Å²) in [6, 6.07) is 14.1. The average molecular weight is 366 g/mol. The summed E-state index contributed by atoms with van der Waals surface area (Å²) in [5, 5.41) is 2.96. The molecule has 1 amide bonds. The Kier molecular flexibility index (Phi) is 4.92. The second kappa shape index (κ2) is 7.51. The van der Waals surface area contributed by atoms with Gasteiger partial charge in [-0.15, -0.1) is 0 Å². The van der Waals surface area contributed by atoms with E-state index in [9.17, 15) is 4.79 Å². The molecule has 1 aliphatic carbocycles. The van der Waals surface area contributed by atoms with Crippen LogP contribution in [0.3, 0.4) is 0 Å². The molecule has 2 aliphatic rings. The van der Waals surface area contributed by atoms with Crippen LogP contribution >= 0.6 is 0 Å². The molecule has 0 aromatic heterocycles. The van der Waals surface area contributed by atoms with Gasteiger partial charge in [0.15, 0.2) is 11.5 Å². The van der Waals surface area contributed by atoms with Crippen molar-refractivity contribution in [2.45, 2.75) is 32.2 Å². The smallest absolute Gasteiger partial charge is 0.255 e. The van der Waals surface area contributed by atoms with Crippen LogP contribution in [0.2, 0.25) is 0 Å². The van der Waals surface area contributed by atoms with E-state index in [1.807, 2.05) is 19.1 Å². The van der Waals surface area contributed by atoms with Gasteiger partial charge in [0.05, 0.1) is 13.7 Å². The third kappa shape index (κ3) is 3.59. The van der Waals surface area contributed by atoms with Gasteiger partial charge in [0.2, 0.25) is 0 Å². The van der Waals surface area contributed by atoms with Gasteiger partial charge in [-0.3, -0.25) is 4.79 Å². The molecule has 1 N–H and O–H groups in total. The van der Waals surface area contributed by atoms with E-state index in [1.165, 1.54) is 31.5 Å². The third-order valence-corrected chi connectivity index (χ3v) is 5.59. The van der Waals surface area contributed by atoms with Crippen LogP contribution in [0.25, 0.3) is 0 Å². The van der Waals surface area contributed by atoms with Crippen LogP contribution < -0.4 is 19.7 Å². The highest BCUT2D eigenvalue weighted by Gasteiger charge is 2.37. The zero-order valence-corrected chi connectivity index (χ0v) is 15.9. The molecule has 27 heavy (non-hydrogen) atoms. The Morgan fingerprint density at radius 2 is 1.96 bits per heavy atom. The second-order valence-electron chi connectivity index (χ2n) is 7.28. The third-order valence-electron chi connectivity index (χ3n) is 5.59. The summed E-state index contributed by atoms with van der Waals surface area (Å²) in [5.41, 5.74) is 2.58. The molecule has 2 fully saturated rings. The van der Waals surface area contributed by atoms with Crippen LogP contribution in [0.4, 0.5) is 11.4 Å². The highest BCUT2D eigenvalue weighted by atomic mass is 16.5. The number of benzene rings is 2. The monoisotopic (exact) mass is 366 g/mol. The lowest BCUT2D eigenvalue weighted by molar-refractivity contribution is 0.102. The molecule has 1 aliphatic heterocycles. The molecule has 4 rings (SSSR count). The van der Waals surface area contributed by atoms with Gasteiger partial charge >= 0.3 is 0 Å². The summed E-state index contributed by atoms with van der Waals surface area (Å²) < 4.78 is 10.8. The van der Waals surface area contributed by atoms with Crippen molar-refractivity contribution in [1.82, 2.24) is 0 Å². The molecule has 5 nitrogen and oxygen atoms in total. The van der Waals surface area contributed by atoms with Gasteiger partial charge in [-0.25, -0.2) is 0 Å². The fourth-order valence-corrected chi connectivity index (χ4v) is 4.26. The standard InChI is InChI=1S/C22H26N2O3/c1-3-27-20-11-5-16(13-21(20)26-2)22(25)23-17-6-9-18(10-7-17)24-14-15-4-8-19(24)12-15/h5-7,9-11,13,15,19H,3-4,8,12,14H2,1-2H3,(H,23,25). The highest BCUT2D eigenvalue weighted by molar-refractivity contribution is 6.04. The van der Waals surface area contributed by atoms with E-state index in [2.05, 4.69) is 22.3 Å². The van der Waals surface area contributed by atoms with E-state index in [0.717, 1.165) is 11.6 Å². The van der Waals surface area contributed by atoms with E-state index < -0.39 is 0 Å². The molecule has 142 valence electrons. The number of fused-ring (bicyclic) bond motifs is 2. The summed E-state index contributed by atoms with van der Waals surface area (Å²) in [5.74, 6) is 1.90. The molecular formula is C22H26N2O3. The van der Waals surface area contributed by atoms with Crippen molar-refractivity contribution in [1.29, 1.82) is 0 Å². The Bertz CT molecular complexity index is 819. The molecule has 1 saturated heterocycles. The number of hydrogen-bond acceptors (Lipinski definition) is 4. The second-order valence-corrected chi connectivity index (χ2v) is 7.28. The number of amides is 1. The Morgan fingerprint density at radius 3 is 2.59 bits per heavy atom. The van der Waals surface area contributed by atoms with Gasteiger partial charge in [-0.05, 0) is 74.6 Å². The summed E-state index contributed by atoms with van der Waals surface area (Å²) in [6.45, 7) is 3.63. The maximum atomic E-state index is 12.6. The maximum Gasteiger partial charge on any atom is 0.255 e. The number of hydrogen-bond donors (Lipinski definition) is 1. The predicted molar refractivity (Wildman–Crippen MR) is 107 cm³/mol. The number of anilines is 2. The Balaban J connectivity index is 1.43. The van der Waals surface area contributed by atoms with Gasteiger partial charge in [0.1, 0.15) is 0 Å². The zero-order valence-electron chi connectivity index (χ0n) is 15.9. The van der Waals surface area contributed by atoms with Crippen molar-refractivity contribution < 1.29 is 14.3 Å². The van der Waals surface area contributed by atoms with Crippen LogP contribution in [0.1, 0.15) is 36.5 Å². The van der Waals surface area contributed by atoms with E-state index in [4.69, 9.17) is 9.47 Å². The van der Waals surface area contributed by atoms with Gasteiger partial charge in [-0.2, -0.15) is 0 Å². The number of ether oxygens (including phenoxy) is 2. The molecule has 1 heterocycles. The minimum Gasteiger partial charge on any atom is -0.493 e. The van der Waals surface area contributed by atoms with Crippen molar-refractivity contribution in [3.8, 4) is 11.5 Å². The first-order valence-electron chi connectivity index (χ1n) is 9.67. The number of rotatable bonds is 6. The van der Waals surface area contributed by atoms with Crippen molar-refractivity contribution >= 4 is 17.3 Å². The lowest BCUT2D eigenvalue weighted by Gasteiger charge is -2.29. The van der Waals surface area contributed by atoms with Gasteiger partial charge < -0.3 is 19.7 Å². The minimum atomic E-state index is -0.163. The molecule has 2 aromatic carbocycles. The van der Waals surface area contributed by atoms with Crippen LogP contribution in [0, 0.1) is 5.92 Å². The quantitative estimate of drug-likeness (QED) is 0.826. The van der Waals surface area contributed by atoms with Crippen molar-refractivity contribution in [2.24, 2.45) is 5.92 Å². The molecule has 0 spiro atoms.